The van der Waals surface area contributed by atoms with Gasteiger partial charge in [0.2, 0.25) is 15.9 Å². The van der Waals surface area contributed by atoms with Crippen LogP contribution < -0.4 is 15.8 Å². The van der Waals surface area contributed by atoms with Gasteiger partial charge in [-0.3, -0.25) is 9.69 Å². The van der Waals surface area contributed by atoms with Crippen molar-refractivity contribution in [2.75, 3.05) is 31.5 Å². The minimum Gasteiger partial charge on any atom is -0.457 e. The zero-order valence-corrected chi connectivity index (χ0v) is 23.9. The molecule has 1 saturated heterocycles. The zero-order chi connectivity index (χ0) is 29.0. The maximum Gasteiger partial charge on any atom is 0.243 e. The van der Waals surface area contributed by atoms with Crippen molar-refractivity contribution in [3.05, 3.63) is 84.7 Å². The molecule has 0 bridgehead atoms. The molecule has 1 fully saturated rings. The number of sulfonamides is 1. The fourth-order valence-corrected chi connectivity index (χ4v) is 6.22. The third kappa shape index (κ3) is 6.64. The summed E-state index contributed by atoms with van der Waals surface area (Å²) in [5.74, 6) is 1.93. The highest BCUT2D eigenvalue weighted by molar-refractivity contribution is 7.89. The van der Waals surface area contributed by atoms with Gasteiger partial charge in [0.25, 0.3) is 0 Å². The Morgan fingerprint density at radius 3 is 2.20 bits per heavy atom. The molecule has 0 aliphatic carbocycles. The van der Waals surface area contributed by atoms with E-state index in [-0.39, 0.29) is 10.8 Å². The van der Waals surface area contributed by atoms with Crippen LogP contribution in [-0.4, -0.2) is 65.7 Å². The Labute approximate surface area is 240 Å². The molecule has 0 spiro atoms. The van der Waals surface area contributed by atoms with E-state index in [1.54, 1.807) is 24.3 Å². The van der Waals surface area contributed by atoms with Crippen molar-refractivity contribution in [3.8, 4) is 11.5 Å². The van der Waals surface area contributed by atoms with Gasteiger partial charge in [-0.25, -0.2) is 18.4 Å². The highest BCUT2D eigenvalue weighted by atomic mass is 32.2. The number of primary amides is 1. The molecule has 3 N–H and O–H groups in total. The number of nitrogens with two attached hydrogens (primary N) is 1. The molecular formula is C30H34N6O4S. The van der Waals surface area contributed by atoms with E-state index < -0.39 is 22.0 Å². The van der Waals surface area contributed by atoms with Crippen LogP contribution in [0.5, 0.6) is 11.5 Å². The van der Waals surface area contributed by atoms with Crippen molar-refractivity contribution in [2.24, 2.45) is 11.7 Å². The molecule has 0 radical (unpaired) electrons. The number of carbonyl (C=O) groups excluding carboxylic acids is 1. The average molecular weight is 575 g/mol. The van der Waals surface area contributed by atoms with Crippen LogP contribution in [0, 0.1) is 5.92 Å². The SMILES string of the molecule is CC(C)[C@H](Nc1nc(CN2CCN(S(=O)(=O)c3ccc(Oc4ccccc4)cc3)CC2)nc2ccccc12)C(N)=O. The molecule has 1 aliphatic heterocycles. The van der Waals surface area contributed by atoms with Crippen LogP contribution in [0.2, 0.25) is 0 Å². The second-order valence-electron chi connectivity index (χ2n) is 10.3. The number of aromatic nitrogens is 2. The highest BCUT2D eigenvalue weighted by Gasteiger charge is 2.29. The van der Waals surface area contributed by atoms with Gasteiger partial charge in [-0.05, 0) is 54.4 Å². The van der Waals surface area contributed by atoms with E-state index in [0.717, 1.165) is 10.9 Å². The van der Waals surface area contributed by atoms with Gasteiger partial charge >= 0.3 is 0 Å². The van der Waals surface area contributed by atoms with Crippen LogP contribution in [0.15, 0.2) is 83.8 Å². The maximum absolute atomic E-state index is 13.3. The standard InChI is InChI=1S/C30H34N6O4S/c1-21(2)28(29(31)37)34-30-25-10-6-7-11-26(25)32-27(33-30)20-35-16-18-36(19-17-35)41(38,39)24-14-12-23(13-15-24)40-22-8-4-3-5-9-22/h3-15,21,28H,16-20H2,1-2H3,(H2,31,37)(H,32,33,34)/t28-/m0/s1. The van der Waals surface area contributed by atoms with Crippen molar-refractivity contribution in [1.29, 1.82) is 0 Å². The van der Waals surface area contributed by atoms with E-state index >= 15 is 0 Å². The van der Waals surface area contributed by atoms with Crippen molar-refractivity contribution in [2.45, 2.75) is 31.3 Å². The summed E-state index contributed by atoms with van der Waals surface area (Å²) in [5.41, 5.74) is 6.39. The highest BCUT2D eigenvalue weighted by Crippen LogP contribution is 2.26. The van der Waals surface area contributed by atoms with Crippen molar-refractivity contribution >= 4 is 32.7 Å². The number of anilines is 1. The number of nitrogens with one attached hydrogen (secondary N) is 1. The minimum atomic E-state index is -3.65. The molecule has 41 heavy (non-hydrogen) atoms. The molecule has 11 heteroatoms. The van der Waals surface area contributed by atoms with Gasteiger partial charge in [-0.15, -0.1) is 0 Å². The first-order chi connectivity index (χ1) is 19.7. The number of benzene rings is 3. The van der Waals surface area contributed by atoms with Crippen LogP contribution in [0.1, 0.15) is 19.7 Å². The van der Waals surface area contributed by atoms with E-state index in [1.165, 1.54) is 4.31 Å². The molecule has 1 amide bonds. The summed E-state index contributed by atoms with van der Waals surface area (Å²) in [6.45, 7) is 6.05. The second kappa shape index (κ2) is 12.2. The predicted molar refractivity (Wildman–Crippen MR) is 158 cm³/mol. The number of hydrogen-bond acceptors (Lipinski definition) is 8. The summed E-state index contributed by atoms with van der Waals surface area (Å²) in [4.78, 5) is 23.9. The van der Waals surface area contributed by atoms with E-state index in [1.807, 2.05) is 68.4 Å². The summed E-state index contributed by atoms with van der Waals surface area (Å²) in [6.07, 6.45) is 0. The number of rotatable bonds is 10. The van der Waals surface area contributed by atoms with Gasteiger partial charge in [0.15, 0.2) is 0 Å². The average Bonchev–Trinajstić information content (AvgIpc) is 2.96. The van der Waals surface area contributed by atoms with Gasteiger partial charge < -0.3 is 15.8 Å². The summed E-state index contributed by atoms with van der Waals surface area (Å²) in [5, 5.41) is 4.03. The monoisotopic (exact) mass is 574 g/mol. The maximum atomic E-state index is 13.3. The largest absolute Gasteiger partial charge is 0.457 e. The smallest absolute Gasteiger partial charge is 0.243 e. The van der Waals surface area contributed by atoms with Crippen molar-refractivity contribution < 1.29 is 17.9 Å². The fourth-order valence-electron chi connectivity index (χ4n) is 4.80. The lowest BCUT2D eigenvalue weighted by Crippen LogP contribution is -2.48. The Bertz CT molecular complexity index is 1610. The summed E-state index contributed by atoms with van der Waals surface area (Å²) >= 11 is 0. The van der Waals surface area contributed by atoms with E-state index in [2.05, 4.69) is 10.2 Å². The predicted octanol–water partition coefficient (Wildman–Crippen LogP) is 3.85. The van der Waals surface area contributed by atoms with Gasteiger partial charge in [0.1, 0.15) is 29.2 Å². The molecular weight excluding hydrogens is 540 g/mol. The normalized spacial score (nSPS) is 15.6. The molecule has 0 unspecified atom stereocenters. The van der Waals surface area contributed by atoms with Gasteiger partial charge in [0, 0.05) is 31.6 Å². The van der Waals surface area contributed by atoms with Crippen LogP contribution >= 0.6 is 0 Å². The Hall–Kier alpha value is -4.06. The van der Waals surface area contributed by atoms with Crippen LogP contribution in [0.3, 0.4) is 0 Å². The third-order valence-electron chi connectivity index (χ3n) is 7.05. The quantitative estimate of drug-likeness (QED) is 0.292. The molecule has 1 aromatic heterocycles. The Morgan fingerprint density at radius 1 is 0.902 bits per heavy atom. The molecule has 4 aromatic rings. The number of piperazine rings is 1. The van der Waals surface area contributed by atoms with Crippen LogP contribution in [0.25, 0.3) is 10.9 Å². The van der Waals surface area contributed by atoms with Crippen LogP contribution in [-0.2, 0) is 21.4 Å². The van der Waals surface area contributed by atoms with E-state index in [4.69, 9.17) is 20.4 Å². The molecule has 3 aromatic carbocycles. The lowest BCUT2D eigenvalue weighted by Gasteiger charge is -2.33. The van der Waals surface area contributed by atoms with Gasteiger partial charge in [0.05, 0.1) is 17.0 Å². The number of carbonyl (C=O) groups is 1. The first-order valence-electron chi connectivity index (χ1n) is 13.6. The van der Waals surface area contributed by atoms with Crippen molar-refractivity contribution in [1.82, 2.24) is 19.2 Å². The van der Waals surface area contributed by atoms with E-state index in [0.29, 0.717) is 55.9 Å². The Kier molecular flexibility index (Phi) is 8.48. The molecule has 1 atom stereocenters. The minimum absolute atomic E-state index is 0.0210. The van der Waals surface area contributed by atoms with Crippen molar-refractivity contribution in [3.63, 3.8) is 0 Å². The van der Waals surface area contributed by atoms with E-state index in [9.17, 15) is 13.2 Å². The Morgan fingerprint density at radius 2 is 1.54 bits per heavy atom. The number of amides is 1. The molecule has 2 heterocycles. The lowest BCUT2D eigenvalue weighted by molar-refractivity contribution is -0.119. The van der Waals surface area contributed by atoms with Gasteiger partial charge in [-0.1, -0.05) is 44.2 Å². The number of hydrogen-bond donors (Lipinski definition) is 2. The number of para-hydroxylation sites is 2. The molecule has 214 valence electrons. The lowest BCUT2D eigenvalue weighted by atomic mass is 10.0. The first kappa shape index (κ1) is 28.5. The van der Waals surface area contributed by atoms with Crippen LogP contribution in [0.4, 0.5) is 5.82 Å². The summed E-state index contributed by atoms with van der Waals surface area (Å²) < 4.78 is 33.9. The van der Waals surface area contributed by atoms with Gasteiger partial charge in [-0.2, -0.15) is 4.31 Å². The fraction of sp³-hybridized carbons (Fsp3) is 0.300. The zero-order valence-electron chi connectivity index (χ0n) is 23.1. The number of ether oxygens (including phenoxy) is 1. The molecule has 0 saturated carbocycles. The summed E-state index contributed by atoms with van der Waals surface area (Å²) in [6, 6.07) is 22.9. The number of nitrogens with zero attached hydrogens (tertiary/aromatic N) is 4. The topological polar surface area (TPSA) is 131 Å². The summed E-state index contributed by atoms with van der Waals surface area (Å²) in [7, 11) is -3.65. The Balaban J connectivity index is 1.25. The molecule has 10 nitrogen and oxygen atoms in total. The first-order valence-corrected chi connectivity index (χ1v) is 15.0. The third-order valence-corrected chi connectivity index (χ3v) is 8.96. The number of fused-ring (bicyclic) bond motifs is 1. The molecule has 5 rings (SSSR count). The second-order valence-corrected chi connectivity index (χ2v) is 12.3. The molecule has 1 aliphatic rings.